The van der Waals surface area contributed by atoms with Crippen LogP contribution >= 0.6 is 34.5 Å². The van der Waals surface area contributed by atoms with Gasteiger partial charge in [-0.2, -0.15) is 0 Å². The highest BCUT2D eigenvalue weighted by Gasteiger charge is 2.15. The number of hydrogen-bond donors (Lipinski definition) is 0. The van der Waals surface area contributed by atoms with Gasteiger partial charge in [-0.05, 0) is 30.1 Å². The quantitative estimate of drug-likeness (QED) is 0.723. The first-order valence-corrected chi connectivity index (χ1v) is 4.46. The van der Waals surface area contributed by atoms with Crippen molar-refractivity contribution in [2.75, 3.05) is 0 Å². The van der Waals surface area contributed by atoms with Crippen LogP contribution in [-0.4, -0.2) is 15.5 Å². The number of thiazole rings is 1. The fourth-order valence-electron chi connectivity index (χ4n) is 0.663. The number of aromatic nitrogens is 1. The molecule has 0 aliphatic heterocycles. The molecule has 0 aromatic carbocycles. The summed E-state index contributed by atoms with van der Waals surface area (Å²) >= 11 is 11.3. The van der Waals surface area contributed by atoms with Gasteiger partial charge in [0.05, 0.1) is 5.69 Å². The average molecular weight is 224 g/mol. The molecule has 0 radical (unpaired) electrons. The number of aryl methyl sites for hydroxylation is 1. The van der Waals surface area contributed by atoms with Crippen LogP contribution in [0, 0.1) is 6.92 Å². The molecule has 0 amide bonds. The highest BCUT2D eigenvalue weighted by molar-refractivity contribution is 7.18. The molecular weight excluding hydrogens is 221 g/mol. The van der Waals surface area contributed by atoms with Crippen LogP contribution in [0.15, 0.2) is 0 Å². The highest BCUT2D eigenvalue weighted by atomic mass is 35.5. The van der Waals surface area contributed by atoms with Crippen LogP contribution in [0.5, 0.6) is 0 Å². The maximum absolute atomic E-state index is 10.7. The summed E-state index contributed by atoms with van der Waals surface area (Å²) in [5, 5.41) is -1.19. The first-order chi connectivity index (χ1) is 5.52. The number of nitrogens with zero attached hydrogens (tertiary/aromatic N) is 1. The van der Waals surface area contributed by atoms with Crippen LogP contribution in [-0.2, 0) is 0 Å². The molecule has 1 heterocycles. The molecule has 0 saturated heterocycles. The normalized spacial score (nSPS) is 9.92. The van der Waals surface area contributed by atoms with Gasteiger partial charge in [-0.25, -0.2) is 4.98 Å². The van der Waals surface area contributed by atoms with E-state index in [-0.39, 0.29) is 9.88 Å². The molecule has 0 unspecified atom stereocenters. The van der Waals surface area contributed by atoms with Crippen molar-refractivity contribution < 1.29 is 9.59 Å². The lowest BCUT2D eigenvalue weighted by Crippen LogP contribution is -1.87. The monoisotopic (exact) mass is 223 g/mol. The molecule has 0 aliphatic rings. The predicted molar refractivity (Wildman–Crippen MR) is 47.2 cm³/mol. The van der Waals surface area contributed by atoms with Gasteiger partial charge in [0.2, 0.25) is 0 Å². The van der Waals surface area contributed by atoms with Crippen molar-refractivity contribution in [3.05, 3.63) is 15.6 Å². The zero-order valence-electron chi connectivity index (χ0n) is 5.93. The van der Waals surface area contributed by atoms with Crippen molar-refractivity contribution in [3.8, 4) is 0 Å². The molecule has 0 N–H and O–H groups in total. The molecular formula is C6H3Cl2NO2S. The molecule has 0 fully saturated rings. The van der Waals surface area contributed by atoms with Crippen LogP contribution in [0.4, 0.5) is 0 Å². The van der Waals surface area contributed by atoms with Crippen LogP contribution in [0.1, 0.15) is 25.2 Å². The third-order valence-electron chi connectivity index (χ3n) is 1.14. The third-order valence-corrected chi connectivity index (χ3v) is 2.89. The molecule has 0 bridgehead atoms. The fraction of sp³-hybridized carbons (Fsp3) is 0.167. The molecule has 0 aliphatic carbocycles. The van der Waals surface area contributed by atoms with Gasteiger partial charge in [-0.1, -0.05) is 0 Å². The standard InChI is InChI=1S/C6H3Cl2NO2S/c1-2-3(4(7)10)12-6(9-2)5(8)11/h1H3. The van der Waals surface area contributed by atoms with Crippen molar-refractivity contribution in [1.82, 2.24) is 4.98 Å². The molecule has 6 heteroatoms. The van der Waals surface area contributed by atoms with Crippen LogP contribution in [0.25, 0.3) is 0 Å². The summed E-state index contributed by atoms with van der Waals surface area (Å²) in [5.41, 5.74) is 0.434. The van der Waals surface area contributed by atoms with Crippen LogP contribution < -0.4 is 0 Å². The minimum absolute atomic E-state index is 0.0955. The Morgan fingerprint density at radius 2 is 1.92 bits per heavy atom. The Morgan fingerprint density at radius 3 is 2.17 bits per heavy atom. The van der Waals surface area contributed by atoms with E-state index in [2.05, 4.69) is 4.98 Å². The molecule has 0 spiro atoms. The number of hydrogen-bond acceptors (Lipinski definition) is 4. The van der Waals surface area contributed by atoms with E-state index in [9.17, 15) is 9.59 Å². The van der Waals surface area contributed by atoms with Crippen molar-refractivity contribution >= 4 is 45.0 Å². The zero-order chi connectivity index (χ0) is 9.30. The molecule has 1 aromatic heterocycles. The van der Waals surface area contributed by atoms with Crippen LogP contribution in [0.3, 0.4) is 0 Å². The Balaban J connectivity index is 3.17. The van der Waals surface area contributed by atoms with E-state index >= 15 is 0 Å². The minimum atomic E-state index is -0.674. The summed E-state index contributed by atoms with van der Waals surface area (Å²) < 4.78 is 0. The number of halogens is 2. The zero-order valence-corrected chi connectivity index (χ0v) is 8.26. The van der Waals surface area contributed by atoms with Gasteiger partial charge in [0.1, 0.15) is 4.88 Å². The maximum atomic E-state index is 10.7. The van der Waals surface area contributed by atoms with Gasteiger partial charge in [0.25, 0.3) is 10.5 Å². The van der Waals surface area contributed by atoms with Gasteiger partial charge in [0.15, 0.2) is 5.01 Å². The van der Waals surface area contributed by atoms with Crippen molar-refractivity contribution in [2.24, 2.45) is 0 Å². The number of rotatable bonds is 2. The molecule has 1 aromatic rings. The van der Waals surface area contributed by atoms with E-state index in [4.69, 9.17) is 23.2 Å². The number of carbonyl (C=O) groups excluding carboxylic acids is 2. The smallest absolute Gasteiger partial charge is 0.275 e. The van der Waals surface area contributed by atoms with Gasteiger partial charge in [0, 0.05) is 0 Å². The molecule has 1 rings (SSSR count). The topological polar surface area (TPSA) is 47.0 Å². The summed E-state index contributed by atoms with van der Waals surface area (Å²) in [7, 11) is 0. The molecule has 0 saturated carbocycles. The van der Waals surface area contributed by atoms with E-state index < -0.39 is 10.5 Å². The summed E-state index contributed by atoms with van der Waals surface area (Å²) in [6, 6.07) is 0. The van der Waals surface area contributed by atoms with Crippen molar-refractivity contribution in [1.29, 1.82) is 0 Å². The lowest BCUT2D eigenvalue weighted by atomic mass is 10.4. The number of carbonyl (C=O) groups is 2. The van der Waals surface area contributed by atoms with Crippen molar-refractivity contribution in [2.45, 2.75) is 6.92 Å². The van der Waals surface area contributed by atoms with E-state index in [1.54, 1.807) is 6.92 Å². The van der Waals surface area contributed by atoms with Gasteiger partial charge in [-0.15, -0.1) is 11.3 Å². The van der Waals surface area contributed by atoms with Gasteiger partial charge < -0.3 is 0 Å². The third kappa shape index (κ3) is 1.83. The second-order valence-electron chi connectivity index (χ2n) is 1.98. The van der Waals surface area contributed by atoms with Crippen molar-refractivity contribution in [3.63, 3.8) is 0 Å². The van der Waals surface area contributed by atoms with E-state index in [1.807, 2.05) is 0 Å². The SMILES string of the molecule is Cc1nc(C(=O)Cl)sc1C(=O)Cl. The van der Waals surface area contributed by atoms with E-state index in [0.717, 1.165) is 11.3 Å². The first-order valence-electron chi connectivity index (χ1n) is 2.89. The second-order valence-corrected chi connectivity index (χ2v) is 3.67. The Hall–Kier alpha value is -0.450. The fourth-order valence-corrected chi connectivity index (χ4v) is 1.80. The molecule has 64 valence electrons. The summed E-state index contributed by atoms with van der Waals surface area (Å²) in [6.45, 7) is 1.59. The summed E-state index contributed by atoms with van der Waals surface area (Å²) in [6.07, 6.45) is 0. The lowest BCUT2D eigenvalue weighted by Gasteiger charge is -1.83. The molecule has 3 nitrogen and oxygen atoms in total. The first kappa shape index (κ1) is 9.64. The molecule has 12 heavy (non-hydrogen) atoms. The molecule has 0 atom stereocenters. The van der Waals surface area contributed by atoms with Crippen LogP contribution in [0.2, 0.25) is 0 Å². The van der Waals surface area contributed by atoms with Gasteiger partial charge in [-0.3, -0.25) is 9.59 Å². The van der Waals surface area contributed by atoms with E-state index in [1.165, 1.54) is 0 Å². The largest absolute Gasteiger partial charge is 0.281 e. The van der Waals surface area contributed by atoms with E-state index in [0.29, 0.717) is 5.69 Å². The lowest BCUT2D eigenvalue weighted by molar-refractivity contribution is 0.107. The maximum Gasteiger partial charge on any atom is 0.281 e. The second kappa shape index (κ2) is 3.51. The Kier molecular flexibility index (Phi) is 2.82. The Bertz CT molecular complexity index is 347. The minimum Gasteiger partial charge on any atom is -0.275 e. The average Bonchev–Trinajstić information content (AvgIpc) is 2.30. The summed E-state index contributed by atoms with van der Waals surface area (Å²) in [5.74, 6) is 0. The Morgan fingerprint density at radius 1 is 1.33 bits per heavy atom. The highest BCUT2D eigenvalue weighted by Crippen LogP contribution is 2.20. The summed E-state index contributed by atoms with van der Waals surface area (Å²) in [4.78, 5) is 25.3. The predicted octanol–water partition coefficient (Wildman–Crippen LogP) is 2.21. The Labute approximate surface area is 82.3 Å². The van der Waals surface area contributed by atoms with Gasteiger partial charge >= 0.3 is 0 Å².